The number of nitrogens with zero attached hydrogens (tertiary/aromatic N) is 1. The molecule has 0 aromatic heterocycles. The molecule has 1 fully saturated rings. The fourth-order valence-electron chi connectivity index (χ4n) is 2.72. The third-order valence-electron chi connectivity index (χ3n) is 3.79. The van der Waals surface area contributed by atoms with Gasteiger partial charge in [0, 0.05) is 31.6 Å². The van der Waals surface area contributed by atoms with Gasteiger partial charge in [-0.1, -0.05) is 0 Å². The molecular formula is C15H16F3NO3. The predicted octanol–water partition coefficient (Wildman–Crippen LogP) is 2.82. The number of benzene rings is 1. The molecule has 1 atom stereocenters. The lowest BCUT2D eigenvalue weighted by Crippen LogP contribution is -2.40. The van der Waals surface area contributed by atoms with E-state index in [1.54, 1.807) is 0 Å². The number of hydrogen-bond acceptors (Lipinski definition) is 2. The van der Waals surface area contributed by atoms with E-state index in [4.69, 9.17) is 5.11 Å². The molecule has 1 aromatic rings. The normalized spacial score (nSPS) is 18.3. The fraction of sp³-hybridized carbons (Fsp3) is 0.467. The second-order valence-electron chi connectivity index (χ2n) is 5.44. The molecule has 1 aliphatic rings. The fourth-order valence-corrected chi connectivity index (χ4v) is 2.72. The SMILES string of the molecule is O=C(O)CCC1CCCN(C(=O)c2c(F)cc(F)cc2F)C1. The Morgan fingerprint density at radius 1 is 1.23 bits per heavy atom. The summed E-state index contributed by atoms with van der Waals surface area (Å²) in [4.78, 5) is 24.1. The van der Waals surface area contributed by atoms with Crippen LogP contribution in [0.1, 0.15) is 36.0 Å². The van der Waals surface area contributed by atoms with Gasteiger partial charge in [-0.25, -0.2) is 13.2 Å². The molecule has 1 aliphatic heterocycles. The Balaban J connectivity index is 2.11. The lowest BCUT2D eigenvalue weighted by atomic mass is 9.93. The maximum absolute atomic E-state index is 13.7. The highest BCUT2D eigenvalue weighted by Gasteiger charge is 2.28. The number of carbonyl (C=O) groups is 2. The third kappa shape index (κ3) is 3.78. The van der Waals surface area contributed by atoms with Crippen molar-refractivity contribution in [1.82, 2.24) is 4.90 Å². The smallest absolute Gasteiger partial charge is 0.303 e. The number of rotatable bonds is 4. The van der Waals surface area contributed by atoms with Gasteiger partial charge in [0.25, 0.3) is 5.91 Å². The molecule has 1 aromatic carbocycles. The van der Waals surface area contributed by atoms with Gasteiger partial charge in [-0.3, -0.25) is 9.59 Å². The van der Waals surface area contributed by atoms with Gasteiger partial charge < -0.3 is 10.0 Å². The quantitative estimate of drug-likeness (QED) is 0.929. The van der Waals surface area contributed by atoms with Gasteiger partial charge in [-0.05, 0) is 25.2 Å². The first kappa shape index (κ1) is 16.3. The average molecular weight is 315 g/mol. The summed E-state index contributed by atoms with van der Waals surface area (Å²) in [6.45, 7) is 0.598. The molecule has 2 rings (SSSR count). The highest BCUT2D eigenvalue weighted by atomic mass is 19.1. The van der Waals surface area contributed by atoms with Crippen LogP contribution in [0.25, 0.3) is 0 Å². The van der Waals surface area contributed by atoms with Gasteiger partial charge in [0.05, 0.1) is 0 Å². The van der Waals surface area contributed by atoms with Crippen molar-refractivity contribution in [2.24, 2.45) is 5.92 Å². The van der Waals surface area contributed by atoms with Crippen LogP contribution in [0.3, 0.4) is 0 Å². The molecule has 1 amide bonds. The van der Waals surface area contributed by atoms with Crippen molar-refractivity contribution >= 4 is 11.9 Å². The van der Waals surface area contributed by atoms with Crippen LogP contribution in [0.2, 0.25) is 0 Å². The molecule has 1 saturated heterocycles. The van der Waals surface area contributed by atoms with Crippen molar-refractivity contribution in [3.8, 4) is 0 Å². The van der Waals surface area contributed by atoms with Crippen molar-refractivity contribution in [1.29, 1.82) is 0 Å². The number of carbonyl (C=O) groups excluding carboxylic acids is 1. The molecule has 1 unspecified atom stereocenters. The lowest BCUT2D eigenvalue weighted by Gasteiger charge is -2.32. The van der Waals surface area contributed by atoms with E-state index in [0.717, 1.165) is 6.42 Å². The minimum absolute atomic E-state index is 0.00797. The largest absolute Gasteiger partial charge is 0.481 e. The summed E-state index contributed by atoms with van der Waals surface area (Å²) in [7, 11) is 0. The first-order chi connectivity index (χ1) is 10.4. The number of likely N-dealkylation sites (tertiary alicyclic amines) is 1. The molecule has 4 nitrogen and oxygen atoms in total. The monoisotopic (exact) mass is 315 g/mol. The molecule has 120 valence electrons. The summed E-state index contributed by atoms with van der Waals surface area (Å²) in [5.74, 6) is -5.29. The second kappa shape index (κ2) is 6.81. The number of hydrogen-bond donors (Lipinski definition) is 1. The molecule has 0 spiro atoms. The maximum atomic E-state index is 13.7. The van der Waals surface area contributed by atoms with Crippen molar-refractivity contribution < 1.29 is 27.9 Å². The van der Waals surface area contributed by atoms with Crippen LogP contribution >= 0.6 is 0 Å². The summed E-state index contributed by atoms with van der Waals surface area (Å²) >= 11 is 0. The van der Waals surface area contributed by atoms with E-state index in [0.29, 0.717) is 31.5 Å². The molecule has 1 N–H and O–H groups in total. The zero-order valence-electron chi connectivity index (χ0n) is 11.8. The Morgan fingerprint density at radius 3 is 2.45 bits per heavy atom. The van der Waals surface area contributed by atoms with E-state index in [-0.39, 0.29) is 18.9 Å². The van der Waals surface area contributed by atoms with Crippen LogP contribution in [0.4, 0.5) is 13.2 Å². The number of aliphatic carboxylic acids is 1. The van der Waals surface area contributed by atoms with E-state index in [2.05, 4.69) is 0 Å². The van der Waals surface area contributed by atoms with Gasteiger partial charge in [0.2, 0.25) is 0 Å². The highest BCUT2D eigenvalue weighted by molar-refractivity contribution is 5.94. The first-order valence-electron chi connectivity index (χ1n) is 7.04. The van der Waals surface area contributed by atoms with Crippen LogP contribution in [-0.2, 0) is 4.79 Å². The predicted molar refractivity (Wildman–Crippen MR) is 71.8 cm³/mol. The summed E-state index contributed by atoms with van der Waals surface area (Å²) in [6, 6.07) is 0.949. The number of carboxylic acids is 1. The summed E-state index contributed by atoms with van der Waals surface area (Å²) < 4.78 is 40.2. The minimum Gasteiger partial charge on any atom is -0.481 e. The molecular weight excluding hydrogens is 299 g/mol. The van der Waals surface area contributed by atoms with Gasteiger partial charge in [-0.15, -0.1) is 0 Å². The summed E-state index contributed by atoms with van der Waals surface area (Å²) in [6.07, 6.45) is 1.81. The maximum Gasteiger partial charge on any atom is 0.303 e. The Bertz CT molecular complexity index is 568. The Labute approximate surface area is 125 Å². The average Bonchev–Trinajstić information content (AvgIpc) is 2.44. The number of piperidine rings is 1. The van der Waals surface area contributed by atoms with Crippen LogP contribution in [0.5, 0.6) is 0 Å². The molecule has 22 heavy (non-hydrogen) atoms. The zero-order valence-corrected chi connectivity index (χ0v) is 11.8. The van der Waals surface area contributed by atoms with E-state index >= 15 is 0 Å². The summed E-state index contributed by atoms with van der Waals surface area (Å²) in [5.41, 5.74) is -0.764. The van der Waals surface area contributed by atoms with Crippen molar-refractivity contribution in [2.75, 3.05) is 13.1 Å². The number of amides is 1. The molecule has 0 bridgehead atoms. The summed E-state index contributed by atoms with van der Waals surface area (Å²) in [5, 5.41) is 8.68. The van der Waals surface area contributed by atoms with Crippen molar-refractivity contribution in [3.05, 3.63) is 35.1 Å². The van der Waals surface area contributed by atoms with Crippen LogP contribution in [-0.4, -0.2) is 35.0 Å². The van der Waals surface area contributed by atoms with E-state index in [1.165, 1.54) is 4.90 Å². The third-order valence-corrected chi connectivity index (χ3v) is 3.79. The molecule has 1 heterocycles. The molecule has 0 saturated carbocycles. The van der Waals surface area contributed by atoms with Crippen LogP contribution < -0.4 is 0 Å². The number of carboxylic acid groups (broad SMARTS) is 1. The Morgan fingerprint density at radius 2 is 1.86 bits per heavy atom. The highest BCUT2D eigenvalue weighted by Crippen LogP contribution is 2.24. The number of halogens is 3. The van der Waals surface area contributed by atoms with Crippen LogP contribution in [0, 0.1) is 23.4 Å². The lowest BCUT2D eigenvalue weighted by molar-refractivity contribution is -0.137. The van der Waals surface area contributed by atoms with E-state index < -0.39 is 34.9 Å². The van der Waals surface area contributed by atoms with Gasteiger partial charge in [0.15, 0.2) is 0 Å². The zero-order chi connectivity index (χ0) is 16.3. The Kier molecular flexibility index (Phi) is 5.05. The second-order valence-corrected chi connectivity index (χ2v) is 5.44. The first-order valence-corrected chi connectivity index (χ1v) is 7.04. The Hall–Kier alpha value is -2.05. The van der Waals surface area contributed by atoms with E-state index in [9.17, 15) is 22.8 Å². The minimum atomic E-state index is -1.23. The standard InChI is InChI=1S/C15H16F3NO3/c16-10-6-11(17)14(12(18)7-10)15(22)19-5-1-2-9(8-19)3-4-13(20)21/h6-7,9H,1-5,8H2,(H,20,21). The molecule has 7 heteroatoms. The van der Waals surface area contributed by atoms with Gasteiger partial charge >= 0.3 is 5.97 Å². The van der Waals surface area contributed by atoms with Gasteiger partial charge in [-0.2, -0.15) is 0 Å². The van der Waals surface area contributed by atoms with Crippen LogP contribution in [0.15, 0.2) is 12.1 Å². The van der Waals surface area contributed by atoms with Crippen molar-refractivity contribution in [3.63, 3.8) is 0 Å². The topological polar surface area (TPSA) is 57.6 Å². The molecule has 0 aliphatic carbocycles. The van der Waals surface area contributed by atoms with Gasteiger partial charge in [0.1, 0.15) is 23.0 Å². The molecule has 0 radical (unpaired) electrons. The van der Waals surface area contributed by atoms with Crippen molar-refractivity contribution in [2.45, 2.75) is 25.7 Å². The van der Waals surface area contributed by atoms with E-state index in [1.807, 2.05) is 0 Å².